The van der Waals surface area contributed by atoms with E-state index < -0.39 is 5.56 Å². The Balaban J connectivity index is 2.64. The highest BCUT2D eigenvalue weighted by Gasteiger charge is 2.24. The molecule has 1 heterocycles. The van der Waals surface area contributed by atoms with Gasteiger partial charge in [0.2, 0.25) is 0 Å². The van der Waals surface area contributed by atoms with Crippen molar-refractivity contribution in [2.45, 2.75) is 0 Å². The van der Waals surface area contributed by atoms with E-state index in [1.54, 1.807) is 6.07 Å². The third-order valence-corrected chi connectivity index (χ3v) is 4.03. The number of ether oxygens (including phenoxy) is 1. The number of hydrogen-bond donors (Lipinski definition) is 2. The largest absolute Gasteiger partial charge is 0.496 e. The molecule has 0 spiro atoms. The van der Waals surface area contributed by atoms with Crippen molar-refractivity contribution in [3.05, 3.63) is 57.9 Å². The maximum absolute atomic E-state index is 12.4. The molecule has 0 saturated carbocycles. The number of hydrogen-bond acceptors (Lipinski definition) is 6. The smallest absolute Gasteiger partial charge is 0.289 e. The van der Waals surface area contributed by atoms with Gasteiger partial charge >= 0.3 is 0 Å². The number of aromatic nitrogens is 1. The van der Waals surface area contributed by atoms with Gasteiger partial charge in [0.25, 0.3) is 5.56 Å². The van der Waals surface area contributed by atoms with Crippen molar-refractivity contribution in [2.24, 2.45) is 0 Å². The van der Waals surface area contributed by atoms with Gasteiger partial charge in [0.05, 0.1) is 7.11 Å². The minimum absolute atomic E-state index is 0.0479. The lowest BCUT2D eigenvalue weighted by molar-refractivity contribution is 0.417. The van der Waals surface area contributed by atoms with Crippen LogP contribution in [0.25, 0.3) is 21.9 Å². The second-order valence-electron chi connectivity index (χ2n) is 5.27. The number of methoxy groups -OCH3 is 1. The molecule has 0 aliphatic heterocycles. The number of rotatable bonds is 2. The summed E-state index contributed by atoms with van der Waals surface area (Å²) in [6.45, 7) is 0. The highest BCUT2D eigenvalue weighted by Crippen LogP contribution is 2.40. The van der Waals surface area contributed by atoms with Gasteiger partial charge in [-0.1, -0.05) is 30.3 Å². The molecule has 122 valence electrons. The molecule has 0 saturated heterocycles. The van der Waals surface area contributed by atoms with E-state index in [0.717, 1.165) is 10.8 Å². The number of nitrogens with two attached hydrogens (primary N) is 2. The van der Waals surface area contributed by atoms with Crippen LogP contribution in [0.15, 0.2) is 41.2 Å². The van der Waals surface area contributed by atoms with Crippen LogP contribution in [0.1, 0.15) is 11.1 Å². The molecule has 2 aromatic carbocycles. The van der Waals surface area contributed by atoms with Crippen LogP contribution in [0.2, 0.25) is 0 Å². The maximum atomic E-state index is 12.4. The van der Waals surface area contributed by atoms with Crippen molar-refractivity contribution in [3.8, 4) is 29.0 Å². The first kappa shape index (κ1) is 15.9. The molecule has 0 unspecified atom stereocenters. The lowest BCUT2D eigenvalue weighted by atomic mass is 9.91. The number of pyridine rings is 1. The molecule has 0 atom stereocenters. The van der Waals surface area contributed by atoms with Gasteiger partial charge in [-0.05, 0) is 16.8 Å². The summed E-state index contributed by atoms with van der Waals surface area (Å²) in [4.78, 5) is 12.4. The first-order chi connectivity index (χ1) is 12.0. The fraction of sp³-hybridized carbons (Fsp3) is 0.0556. The van der Waals surface area contributed by atoms with E-state index in [1.165, 1.54) is 7.11 Å². The van der Waals surface area contributed by atoms with Crippen molar-refractivity contribution >= 4 is 16.6 Å². The van der Waals surface area contributed by atoms with Crippen LogP contribution >= 0.6 is 0 Å². The highest BCUT2D eigenvalue weighted by molar-refractivity contribution is 6.02. The molecule has 7 nitrogen and oxygen atoms in total. The molecule has 0 bridgehead atoms. The van der Waals surface area contributed by atoms with Gasteiger partial charge in [-0.2, -0.15) is 10.5 Å². The molecule has 1 aromatic heterocycles. The Morgan fingerprint density at radius 3 is 2.36 bits per heavy atom. The van der Waals surface area contributed by atoms with Crippen molar-refractivity contribution in [1.29, 1.82) is 10.5 Å². The molecular formula is C18H13N5O2. The zero-order valence-corrected chi connectivity index (χ0v) is 13.3. The number of nitrogens with zero attached hydrogens (tertiary/aromatic N) is 3. The molecule has 3 rings (SSSR count). The Hall–Kier alpha value is -3.97. The quantitative estimate of drug-likeness (QED) is 0.687. The second kappa shape index (κ2) is 5.91. The summed E-state index contributed by atoms with van der Waals surface area (Å²) >= 11 is 0. The number of benzene rings is 2. The normalized spacial score (nSPS) is 10.2. The van der Waals surface area contributed by atoms with E-state index in [2.05, 4.69) is 0 Å². The molecule has 4 N–H and O–H groups in total. The monoisotopic (exact) mass is 331 g/mol. The first-order valence-electron chi connectivity index (χ1n) is 7.25. The standard InChI is InChI=1S/C18H13N5O2/c1-25-14-7-6-10-4-2-3-5-11(10)16(14)15-12(8-19)17(21)23(22)18(24)13(15)9-20/h2-7H,21-22H2,1H3. The summed E-state index contributed by atoms with van der Waals surface area (Å²) in [5.74, 6) is 5.82. The van der Waals surface area contributed by atoms with Crippen molar-refractivity contribution in [1.82, 2.24) is 4.68 Å². The van der Waals surface area contributed by atoms with Gasteiger partial charge in [-0.3, -0.25) is 4.79 Å². The van der Waals surface area contributed by atoms with Crippen LogP contribution in [-0.2, 0) is 0 Å². The SMILES string of the molecule is COc1ccc2ccccc2c1-c1c(C#N)c(N)n(N)c(=O)c1C#N. The average molecular weight is 331 g/mol. The molecule has 0 radical (unpaired) electrons. The number of nitriles is 2. The summed E-state index contributed by atoms with van der Waals surface area (Å²) in [6, 6.07) is 14.7. The zero-order valence-electron chi connectivity index (χ0n) is 13.3. The van der Waals surface area contributed by atoms with Crippen LogP contribution < -0.4 is 21.9 Å². The number of anilines is 1. The fourth-order valence-electron chi connectivity index (χ4n) is 2.86. The molecular weight excluding hydrogens is 318 g/mol. The van der Waals surface area contributed by atoms with Crippen molar-refractivity contribution in [2.75, 3.05) is 18.7 Å². The minimum atomic E-state index is -0.774. The first-order valence-corrected chi connectivity index (χ1v) is 7.25. The van der Waals surface area contributed by atoms with E-state index in [9.17, 15) is 15.3 Å². The van der Waals surface area contributed by atoms with Crippen molar-refractivity contribution in [3.63, 3.8) is 0 Å². The minimum Gasteiger partial charge on any atom is -0.496 e. The topological polar surface area (TPSA) is 131 Å². The van der Waals surface area contributed by atoms with Gasteiger partial charge < -0.3 is 16.3 Å². The summed E-state index contributed by atoms with van der Waals surface area (Å²) in [6.07, 6.45) is 0. The molecule has 3 aromatic rings. The Bertz CT molecular complexity index is 1150. The van der Waals surface area contributed by atoms with E-state index in [-0.39, 0.29) is 22.5 Å². The Morgan fingerprint density at radius 1 is 1.04 bits per heavy atom. The van der Waals surface area contributed by atoms with Gasteiger partial charge in [0.15, 0.2) is 0 Å². The Labute approximate surface area is 142 Å². The van der Waals surface area contributed by atoms with Gasteiger partial charge in [0.1, 0.15) is 34.8 Å². The molecule has 0 aliphatic carbocycles. The van der Waals surface area contributed by atoms with E-state index in [0.29, 0.717) is 16.0 Å². The predicted molar refractivity (Wildman–Crippen MR) is 94.2 cm³/mol. The number of nitrogen functional groups attached to an aromatic ring is 2. The fourth-order valence-corrected chi connectivity index (χ4v) is 2.86. The molecule has 0 aliphatic rings. The third kappa shape index (κ3) is 2.23. The lowest BCUT2D eigenvalue weighted by Crippen LogP contribution is -2.33. The molecule has 0 fully saturated rings. The summed E-state index contributed by atoms with van der Waals surface area (Å²) in [5, 5.41) is 20.7. The van der Waals surface area contributed by atoms with E-state index >= 15 is 0 Å². The second-order valence-corrected chi connectivity index (χ2v) is 5.27. The van der Waals surface area contributed by atoms with E-state index in [4.69, 9.17) is 16.3 Å². The molecule has 0 amide bonds. The predicted octanol–water partition coefficient (Wildman–Crippen LogP) is 1.72. The van der Waals surface area contributed by atoms with Crippen LogP contribution in [0.5, 0.6) is 5.75 Å². The summed E-state index contributed by atoms with van der Waals surface area (Å²) < 4.78 is 6.03. The Morgan fingerprint density at radius 2 is 1.72 bits per heavy atom. The lowest BCUT2D eigenvalue weighted by Gasteiger charge is -2.17. The van der Waals surface area contributed by atoms with Crippen molar-refractivity contribution < 1.29 is 4.74 Å². The highest BCUT2D eigenvalue weighted by atomic mass is 16.5. The Kier molecular flexibility index (Phi) is 3.76. The van der Waals surface area contributed by atoms with Crippen LogP contribution in [0.3, 0.4) is 0 Å². The van der Waals surface area contributed by atoms with Gasteiger partial charge in [-0.25, -0.2) is 4.68 Å². The van der Waals surface area contributed by atoms with E-state index in [1.807, 2.05) is 42.5 Å². The van der Waals surface area contributed by atoms with Gasteiger partial charge in [-0.15, -0.1) is 0 Å². The average Bonchev–Trinajstić information content (AvgIpc) is 2.65. The molecule has 25 heavy (non-hydrogen) atoms. The summed E-state index contributed by atoms with van der Waals surface area (Å²) in [7, 11) is 1.47. The zero-order chi connectivity index (χ0) is 18.1. The van der Waals surface area contributed by atoms with Crippen LogP contribution in [-0.4, -0.2) is 11.8 Å². The maximum Gasteiger partial charge on any atom is 0.289 e. The third-order valence-electron chi connectivity index (χ3n) is 4.03. The molecule has 7 heteroatoms. The van der Waals surface area contributed by atoms with Crippen LogP contribution in [0, 0.1) is 22.7 Å². The summed E-state index contributed by atoms with van der Waals surface area (Å²) in [5.41, 5.74) is 5.36. The number of fused-ring (bicyclic) bond motifs is 1. The van der Waals surface area contributed by atoms with Gasteiger partial charge in [0, 0.05) is 11.1 Å². The van der Waals surface area contributed by atoms with Crippen LogP contribution in [0.4, 0.5) is 5.82 Å².